The van der Waals surface area contributed by atoms with Crippen LogP contribution in [0.5, 0.6) is 0 Å². The van der Waals surface area contributed by atoms with Gasteiger partial charge in [0.05, 0.1) is 23.4 Å². The topological polar surface area (TPSA) is 41.6 Å². The molecular weight excluding hydrogens is 248 g/mol. The first-order valence-electron chi connectivity index (χ1n) is 6.44. The average molecular weight is 270 g/mol. The minimum atomic E-state index is -0.0208. The van der Waals surface area contributed by atoms with Gasteiger partial charge in [0.1, 0.15) is 0 Å². The fraction of sp³-hybridized carbons (Fsp3) is 0.692. The van der Waals surface area contributed by atoms with Crippen LogP contribution in [0, 0.1) is 4.51 Å². The molecule has 0 radical (unpaired) electrons. The first-order chi connectivity index (χ1) is 8.61. The Morgan fingerprint density at radius 1 is 1.33 bits per heavy atom. The Morgan fingerprint density at radius 2 is 2.06 bits per heavy atom. The molecule has 0 aliphatic rings. The summed E-state index contributed by atoms with van der Waals surface area (Å²) in [5, 5.41) is 3.11. The Hall–Kier alpha value is -0.780. The van der Waals surface area contributed by atoms with Crippen LogP contribution in [0.2, 0.25) is 0 Å². The number of rotatable bonds is 9. The van der Waals surface area contributed by atoms with Crippen LogP contribution in [-0.4, -0.2) is 44.8 Å². The van der Waals surface area contributed by atoms with Gasteiger partial charge >= 0.3 is 0 Å². The van der Waals surface area contributed by atoms with Crippen molar-refractivity contribution < 1.29 is 4.74 Å². The van der Waals surface area contributed by atoms with E-state index in [4.69, 9.17) is 17.0 Å². The lowest BCUT2D eigenvalue weighted by molar-refractivity contribution is 0.121. The van der Waals surface area contributed by atoms with Gasteiger partial charge in [0.15, 0.2) is 0 Å². The second-order valence-corrected chi connectivity index (χ2v) is 4.71. The minimum absolute atomic E-state index is 0.0208. The van der Waals surface area contributed by atoms with E-state index in [9.17, 15) is 4.79 Å². The molecule has 0 atom stereocenters. The van der Waals surface area contributed by atoms with Gasteiger partial charge in [-0.1, -0.05) is 26.1 Å². The zero-order chi connectivity index (χ0) is 13.5. The largest absolute Gasteiger partial charge is 0.379 e. The van der Waals surface area contributed by atoms with Gasteiger partial charge in [-0.05, 0) is 20.0 Å². The summed E-state index contributed by atoms with van der Waals surface area (Å²) < 4.78 is 5.98. The molecular formula is C13H22N2O2S. The number of likely N-dealkylation sites (N-methyl/N-ethyl adjacent to an activating group) is 1. The summed E-state index contributed by atoms with van der Waals surface area (Å²) in [6.45, 7) is 8.07. The van der Waals surface area contributed by atoms with E-state index in [0.717, 1.165) is 31.7 Å². The molecule has 0 saturated heterocycles. The van der Waals surface area contributed by atoms with Gasteiger partial charge in [-0.2, -0.15) is 0 Å². The fourth-order valence-corrected chi connectivity index (χ4v) is 2.04. The maximum Gasteiger partial charge on any atom is 0.220 e. The smallest absolute Gasteiger partial charge is 0.220 e. The first kappa shape index (κ1) is 15.3. The molecule has 0 bridgehead atoms. The third kappa shape index (κ3) is 3.86. The van der Waals surface area contributed by atoms with Crippen molar-refractivity contribution >= 4 is 17.9 Å². The van der Waals surface area contributed by atoms with Crippen LogP contribution in [0.15, 0.2) is 4.79 Å². The number of anilines is 1. The van der Waals surface area contributed by atoms with Crippen LogP contribution in [0.1, 0.15) is 19.4 Å². The molecule has 0 aromatic heterocycles. The van der Waals surface area contributed by atoms with Crippen molar-refractivity contribution in [3.8, 4) is 0 Å². The van der Waals surface area contributed by atoms with E-state index in [1.54, 1.807) is 0 Å². The molecule has 18 heavy (non-hydrogen) atoms. The van der Waals surface area contributed by atoms with Crippen molar-refractivity contribution in [2.75, 3.05) is 45.2 Å². The molecule has 0 fully saturated rings. The molecule has 0 aliphatic carbocycles. The summed E-state index contributed by atoms with van der Waals surface area (Å²) >= 11 is 4.98. The summed E-state index contributed by atoms with van der Waals surface area (Å²) in [5.41, 5.74) is 1.66. The normalized spacial score (nSPS) is 11.3. The minimum Gasteiger partial charge on any atom is -0.379 e. The van der Waals surface area contributed by atoms with Crippen LogP contribution in [0.3, 0.4) is 0 Å². The second kappa shape index (κ2) is 7.61. The van der Waals surface area contributed by atoms with Crippen molar-refractivity contribution in [2.45, 2.75) is 20.3 Å². The highest BCUT2D eigenvalue weighted by Gasteiger charge is 2.14. The molecule has 1 aromatic carbocycles. The van der Waals surface area contributed by atoms with E-state index < -0.39 is 0 Å². The van der Waals surface area contributed by atoms with E-state index in [1.165, 1.54) is 0 Å². The van der Waals surface area contributed by atoms with E-state index in [-0.39, 0.29) is 5.43 Å². The lowest BCUT2D eigenvalue weighted by Gasteiger charge is -2.15. The van der Waals surface area contributed by atoms with Crippen molar-refractivity contribution in [3.05, 3.63) is 20.3 Å². The Kier molecular flexibility index (Phi) is 6.46. The van der Waals surface area contributed by atoms with Crippen LogP contribution in [-0.2, 0) is 11.2 Å². The summed E-state index contributed by atoms with van der Waals surface area (Å²) in [5.74, 6) is 0. The Balaban J connectivity index is 2.17. The molecule has 0 aliphatic heterocycles. The van der Waals surface area contributed by atoms with Gasteiger partial charge in [-0.15, -0.1) is 0 Å². The van der Waals surface area contributed by atoms with Crippen molar-refractivity contribution in [1.29, 1.82) is 0 Å². The highest BCUT2D eigenvalue weighted by Crippen LogP contribution is 2.15. The van der Waals surface area contributed by atoms with Crippen LogP contribution in [0.4, 0.5) is 5.69 Å². The molecule has 1 rings (SSSR count). The Bertz CT molecular complexity index is 438. The van der Waals surface area contributed by atoms with Crippen LogP contribution >= 0.6 is 12.2 Å². The van der Waals surface area contributed by atoms with Gasteiger partial charge in [0.25, 0.3) is 0 Å². The highest BCUT2D eigenvalue weighted by molar-refractivity contribution is 7.71. The van der Waals surface area contributed by atoms with Crippen LogP contribution in [0.25, 0.3) is 0 Å². The maximum atomic E-state index is 11.5. The van der Waals surface area contributed by atoms with Gasteiger partial charge in [-0.25, -0.2) is 0 Å². The van der Waals surface area contributed by atoms with E-state index in [1.807, 2.05) is 6.92 Å². The van der Waals surface area contributed by atoms with Crippen molar-refractivity contribution in [2.24, 2.45) is 0 Å². The van der Waals surface area contributed by atoms with Gasteiger partial charge in [0.2, 0.25) is 5.43 Å². The van der Waals surface area contributed by atoms with E-state index >= 15 is 0 Å². The monoisotopic (exact) mass is 270 g/mol. The number of nitrogens with zero attached hydrogens (tertiary/aromatic N) is 1. The molecule has 0 amide bonds. The maximum absolute atomic E-state index is 11.5. The van der Waals surface area contributed by atoms with Gasteiger partial charge in [0, 0.05) is 18.7 Å². The molecule has 0 saturated carbocycles. The third-order valence-corrected chi connectivity index (χ3v) is 3.50. The summed E-state index contributed by atoms with van der Waals surface area (Å²) in [4.78, 5) is 13.7. The molecule has 102 valence electrons. The Labute approximate surface area is 114 Å². The zero-order valence-corrected chi connectivity index (χ0v) is 12.2. The van der Waals surface area contributed by atoms with Crippen molar-refractivity contribution in [3.63, 3.8) is 0 Å². The Morgan fingerprint density at radius 3 is 2.67 bits per heavy atom. The standard InChI is InChI=1S/C13H22N2O2S/c1-4-10-11(12(16)13(10)18)14-6-8-17-9-7-15(3)5-2/h14H,4-9H2,1-3H3. The van der Waals surface area contributed by atoms with E-state index in [2.05, 4.69) is 24.2 Å². The summed E-state index contributed by atoms with van der Waals surface area (Å²) in [6, 6.07) is 0. The third-order valence-electron chi connectivity index (χ3n) is 3.07. The van der Waals surface area contributed by atoms with Gasteiger partial charge in [-0.3, -0.25) is 4.79 Å². The van der Waals surface area contributed by atoms with E-state index in [0.29, 0.717) is 23.3 Å². The lowest BCUT2D eigenvalue weighted by Crippen LogP contribution is -2.25. The predicted molar refractivity (Wildman–Crippen MR) is 77.8 cm³/mol. The number of nitrogens with one attached hydrogen (secondary N) is 1. The molecule has 1 aromatic rings. The summed E-state index contributed by atoms with van der Waals surface area (Å²) in [6.07, 6.45) is 0.815. The zero-order valence-electron chi connectivity index (χ0n) is 11.4. The number of ether oxygens (including phenoxy) is 1. The number of hydrogen-bond donors (Lipinski definition) is 1. The number of hydrogen-bond acceptors (Lipinski definition) is 5. The molecule has 0 unspecified atom stereocenters. The first-order valence-corrected chi connectivity index (χ1v) is 6.84. The fourth-order valence-electron chi connectivity index (χ4n) is 1.69. The predicted octanol–water partition coefficient (Wildman–Crippen LogP) is 1.59. The SMILES string of the molecule is CCc1c(NCCOCCN(C)CC)c(=O)c1=S. The second-order valence-electron chi connectivity index (χ2n) is 4.30. The molecule has 5 heteroatoms. The van der Waals surface area contributed by atoms with Gasteiger partial charge < -0.3 is 15.0 Å². The highest BCUT2D eigenvalue weighted by atomic mass is 32.1. The molecule has 4 nitrogen and oxygen atoms in total. The molecule has 1 N–H and O–H groups in total. The van der Waals surface area contributed by atoms with Crippen LogP contribution < -0.4 is 10.7 Å². The quantitative estimate of drug-likeness (QED) is 0.545. The molecule has 0 spiro atoms. The lowest BCUT2D eigenvalue weighted by atomic mass is 10.1. The molecule has 0 heterocycles. The summed E-state index contributed by atoms with van der Waals surface area (Å²) in [7, 11) is 2.06. The van der Waals surface area contributed by atoms with Crippen molar-refractivity contribution in [1.82, 2.24) is 4.90 Å². The average Bonchev–Trinajstić information content (AvgIpc) is 2.39.